The zero-order valence-electron chi connectivity index (χ0n) is 11.6. The van der Waals surface area contributed by atoms with Gasteiger partial charge in [0, 0.05) is 26.7 Å². The SMILES string of the molecule is COCCCCCNC(=O)N[C@@H](CCC(=O)O)C(=O)O. The second kappa shape index (κ2) is 11.0. The van der Waals surface area contributed by atoms with Gasteiger partial charge in [-0.2, -0.15) is 0 Å². The van der Waals surface area contributed by atoms with Gasteiger partial charge in [0.1, 0.15) is 6.04 Å². The number of rotatable bonds is 11. The van der Waals surface area contributed by atoms with Gasteiger partial charge in [-0.1, -0.05) is 0 Å². The number of urea groups is 1. The largest absolute Gasteiger partial charge is 0.481 e. The Bertz CT molecular complexity index is 321. The second-order valence-electron chi connectivity index (χ2n) is 4.28. The highest BCUT2D eigenvalue weighted by atomic mass is 16.5. The summed E-state index contributed by atoms with van der Waals surface area (Å²) in [6.07, 6.45) is 2.11. The molecule has 0 aliphatic carbocycles. The van der Waals surface area contributed by atoms with Gasteiger partial charge in [0.25, 0.3) is 0 Å². The summed E-state index contributed by atoms with van der Waals surface area (Å²) in [6.45, 7) is 1.10. The van der Waals surface area contributed by atoms with Crippen molar-refractivity contribution >= 4 is 18.0 Å². The van der Waals surface area contributed by atoms with Crippen molar-refractivity contribution in [2.24, 2.45) is 0 Å². The maximum absolute atomic E-state index is 11.4. The van der Waals surface area contributed by atoms with Crippen molar-refractivity contribution in [1.82, 2.24) is 10.6 Å². The molecular weight excluding hydrogens is 268 g/mol. The van der Waals surface area contributed by atoms with Gasteiger partial charge in [-0.05, 0) is 25.7 Å². The van der Waals surface area contributed by atoms with Crippen LogP contribution in [0.25, 0.3) is 0 Å². The van der Waals surface area contributed by atoms with E-state index in [2.05, 4.69) is 10.6 Å². The lowest BCUT2D eigenvalue weighted by Crippen LogP contribution is -2.46. The number of carboxylic acid groups (broad SMARTS) is 2. The molecule has 8 nitrogen and oxygen atoms in total. The fourth-order valence-electron chi connectivity index (χ4n) is 1.48. The van der Waals surface area contributed by atoms with Gasteiger partial charge in [0.2, 0.25) is 0 Å². The first-order chi connectivity index (χ1) is 9.47. The Labute approximate surface area is 117 Å². The van der Waals surface area contributed by atoms with Crippen molar-refractivity contribution in [2.45, 2.75) is 38.1 Å². The summed E-state index contributed by atoms with van der Waals surface area (Å²) in [5.41, 5.74) is 0. The van der Waals surface area contributed by atoms with Gasteiger partial charge in [0.05, 0.1) is 0 Å². The number of hydrogen-bond donors (Lipinski definition) is 4. The lowest BCUT2D eigenvalue weighted by atomic mass is 10.1. The first-order valence-corrected chi connectivity index (χ1v) is 6.45. The first-order valence-electron chi connectivity index (χ1n) is 6.45. The summed E-state index contributed by atoms with van der Waals surface area (Å²) in [4.78, 5) is 32.7. The van der Waals surface area contributed by atoms with Crippen LogP contribution in [0.5, 0.6) is 0 Å². The predicted octanol–water partition coefficient (Wildman–Crippen LogP) is 0.420. The zero-order chi connectivity index (χ0) is 15.4. The average molecular weight is 290 g/mol. The van der Waals surface area contributed by atoms with Gasteiger partial charge >= 0.3 is 18.0 Å². The third kappa shape index (κ3) is 10.1. The number of hydrogen-bond acceptors (Lipinski definition) is 4. The molecular formula is C12H22N2O6. The van der Waals surface area contributed by atoms with E-state index in [0.29, 0.717) is 13.2 Å². The Morgan fingerprint density at radius 3 is 2.40 bits per heavy atom. The van der Waals surface area contributed by atoms with E-state index >= 15 is 0 Å². The van der Waals surface area contributed by atoms with Gasteiger partial charge < -0.3 is 25.6 Å². The van der Waals surface area contributed by atoms with Crippen molar-refractivity contribution in [3.8, 4) is 0 Å². The van der Waals surface area contributed by atoms with E-state index in [9.17, 15) is 14.4 Å². The number of carbonyl (C=O) groups excluding carboxylic acids is 1. The van der Waals surface area contributed by atoms with E-state index in [1.807, 2.05) is 0 Å². The number of aliphatic carboxylic acids is 2. The lowest BCUT2D eigenvalue weighted by molar-refractivity contribution is -0.140. The number of ether oxygens (including phenoxy) is 1. The van der Waals surface area contributed by atoms with E-state index in [1.165, 1.54) is 0 Å². The molecule has 0 saturated heterocycles. The highest BCUT2D eigenvalue weighted by molar-refractivity contribution is 5.82. The van der Waals surface area contributed by atoms with E-state index < -0.39 is 24.0 Å². The van der Waals surface area contributed by atoms with Gasteiger partial charge in [-0.25, -0.2) is 9.59 Å². The van der Waals surface area contributed by atoms with Crippen LogP contribution in [0.2, 0.25) is 0 Å². The standard InChI is InChI=1S/C12H22N2O6/c1-20-8-4-2-3-7-13-12(19)14-9(11(17)18)5-6-10(15)16/h9H,2-8H2,1H3,(H,15,16)(H,17,18)(H2,13,14,19)/t9-/m0/s1. The summed E-state index contributed by atoms with van der Waals surface area (Å²) < 4.78 is 4.88. The smallest absolute Gasteiger partial charge is 0.326 e. The summed E-state index contributed by atoms with van der Waals surface area (Å²) >= 11 is 0. The van der Waals surface area contributed by atoms with Crippen LogP contribution in [0.1, 0.15) is 32.1 Å². The van der Waals surface area contributed by atoms with E-state index in [0.717, 1.165) is 19.3 Å². The van der Waals surface area contributed by atoms with Crippen molar-refractivity contribution in [2.75, 3.05) is 20.3 Å². The quantitative estimate of drug-likeness (QED) is 0.409. The number of carboxylic acids is 2. The summed E-state index contributed by atoms with van der Waals surface area (Å²) in [5, 5.41) is 22.1. The van der Waals surface area contributed by atoms with Crippen molar-refractivity contribution in [3.05, 3.63) is 0 Å². The Morgan fingerprint density at radius 2 is 1.85 bits per heavy atom. The van der Waals surface area contributed by atoms with Crippen molar-refractivity contribution in [3.63, 3.8) is 0 Å². The maximum atomic E-state index is 11.4. The van der Waals surface area contributed by atoms with Crippen LogP contribution in [0, 0.1) is 0 Å². The predicted molar refractivity (Wildman–Crippen MR) is 70.6 cm³/mol. The number of methoxy groups -OCH3 is 1. The van der Waals surface area contributed by atoms with Crippen LogP contribution >= 0.6 is 0 Å². The highest BCUT2D eigenvalue weighted by Crippen LogP contribution is 1.98. The summed E-state index contributed by atoms with van der Waals surface area (Å²) in [6, 6.07) is -1.80. The molecule has 0 rings (SSSR count). The molecule has 0 aromatic heterocycles. The third-order valence-corrected chi connectivity index (χ3v) is 2.56. The van der Waals surface area contributed by atoms with Crippen LogP contribution in [-0.2, 0) is 14.3 Å². The fraction of sp³-hybridized carbons (Fsp3) is 0.750. The zero-order valence-corrected chi connectivity index (χ0v) is 11.6. The van der Waals surface area contributed by atoms with E-state index in [4.69, 9.17) is 14.9 Å². The van der Waals surface area contributed by atoms with Crippen LogP contribution in [0.4, 0.5) is 4.79 Å². The molecule has 0 saturated carbocycles. The number of amides is 2. The Balaban J connectivity index is 3.84. The molecule has 0 radical (unpaired) electrons. The molecule has 0 fully saturated rings. The van der Waals surface area contributed by atoms with Gasteiger partial charge in [0.15, 0.2) is 0 Å². The molecule has 20 heavy (non-hydrogen) atoms. The van der Waals surface area contributed by atoms with Crippen molar-refractivity contribution in [1.29, 1.82) is 0 Å². The molecule has 8 heteroatoms. The van der Waals surface area contributed by atoms with Gasteiger partial charge in [-0.3, -0.25) is 4.79 Å². The Morgan fingerprint density at radius 1 is 1.15 bits per heavy atom. The molecule has 0 unspecified atom stereocenters. The highest BCUT2D eigenvalue weighted by Gasteiger charge is 2.20. The minimum Gasteiger partial charge on any atom is -0.481 e. The minimum absolute atomic E-state index is 0.147. The normalized spacial score (nSPS) is 11.7. The molecule has 0 aromatic carbocycles. The maximum Gasteiger partial charge on any atom is 0.326 e. The molecule has 0 heterocycles. The summed E-state index contributed by atoms with van der Waals surface area (Å²) in [5.74, 6) is -2.35. The molecule has 4 N–H and O–H groups in total. The average Bonchev–Trinajstić information content (AvgIpc) is 2.38. The van der Waals surface area contributed by atoms with Crippen LogP contribution in [0.3, 0.4) is 0 Å². The topological polar surface area (TPSA) is 125 Å². The first kappa shape index (κ1) is 18.2. The fourth-order valence-corrected chi connectivity index (χ4v) is 1.48. The van der Waals surface area contributed by atoms with Crippen molar-refractivity contribution < 1.29 is 29.3 Å². The lowest BCUT2D eigenvalue weighted by Gasteiger charge is -2.14. The number of nitrogens with one attached hydrogen (secondary N) is 2. The minimum atomic E-state index is -1.25. The number of carbonyl (C=O) groups is 3. The van der Waals surface area contributed by atoms with Crippen LogP contribution in [-0.4, -0.2) is 54.5 Å². The van der Waals surface area contributed by atoms with E-state index in [1.54, 1.807) is 7.11 Å². The molecule has 0 aromatic rings. The Kier molecular flexibility index (Phi) is 10.0. The molecule has 0 aliphatic rings. The second-order valence-corrected chi connectivity index (χ2v) is 4.28. The molecule has 1 atom stereocenters. The monoisotopic (exact) mass is 290 g/mol. The Hall–Kier alpha value is -1.83. The molecule has 0 bridgehead atoms. The summed E-state index contributed by atoms with van der Waals surface area (Å²) in [7, 11) is 1.62. The molecule has 2 amide bonds. The molecule has 0 aliphatic heterocycles. The van der Waals surface area contributed by atoms with E-state index in [-0.39, 0.29) is 12.8 Å². The van der Waals surface area contributed by atoms with Crippen LogP contribution in [0.15, 0.2) is 0 Å². The molecule has 116 valence electrons. The van der Waals surface area contributed by atoms with Gasteiger partial charge in [-0.15, -0.1) is 0 Å². The third-order valence-electron chi connectivity index (χ3n) is 2.56. The van der Waals surface area contributed by atoms with Crippen LogP contribution < -0.4 is 10.6 Å². The number of unbranched alkanes of at least 4 members (excludes halogenated alkanes) is 2. The molecule has 0 spiro atoms.